The van der Waals surface area contributed by atoms with E-state index in [1.807, 2.05) is 19.1 Å². The number of para-hydroxylation sites is 1. The second-order valence-corrected chi connectivity index (χ2v) is 10.4. The molecule has 1 saturated heterocycles. The van der Waals surface area contributed by atoms with Crippen molar-refractivity contribution in [2.75, 3.05) is 18.5 Å². The number of hydrogen-bond donors (Lipinski definition) is 3. The summed E-state index contributed by atoms with van der Waals surface area (Å²) in [5.74, 6) is -0.244. The average molecular weight is 470 g/mol. The smallest absolute Gasteiger partial charge is 0.412 e. The first-order valence-electron chi connectivity index (χ1n) is 12.1. The maximum absolute atomic E-state index is 12.4. The van der Waals surface area contributed by atoms with Gasteiger partial charge in [-0.25, -0.2) is 9.59 Å². The SMILES string of the molecule is C=C1CCC2[C@](C)(CO)[C@H](O)CC[C@@]2(C)[C@@H]1C/C=C1\C(=O)OCC1OC(=O)Nc1ccccc1. The second-order valence-electron chi connectivity index (χ2n) is 10.4. The first-order valence-corrected chi connectivity index (χ1v) is 12.1. The highest BCUT2D eigenvalue weighted by Gasteiger charge is 2.57. The Bertz CT molecular complexity index is 975. The van der Waals surface area contributed by atoms with Crippen LogP contribution in [0.5, 0.6) is 0 Å². The lowest BCUT2D eigenvalue weighted by atomic mass is 9.46. The maximum Gasteiger partial charge on any atom is 0.412 e. The molecule has 184 valence electrons. The van der Waals surface area contributed by atoms with Crippen LogP contribution in [0.25, 0.3) is 0 Å². The lowest BCUT2D eigenvalue weighted by Gasteiger charge is -2.59. The molecule has 1 amide bonds. The number of carbonyl (C=O) groups excluding carboxylic acids is 2. The van der Waals surface area contributed by atoms with Crippen LogP contribution in [-0.2, 0) is 14.3 Å². The van der Waals surface area contributed by atoms with Crippen molar-refractivity contribution in [2.45, 2.75) is 58.2 Å². The van der Waals surface area contributed by atoms with Gasteiger partial charge in [0.2, 0.25) is 0 Å². The van der Waals surface area contributed by atoms with Crippen LogP contribution in [0.3, 0.4) is 0 Å². The standard InChI is InChI=1S/C27H35NO6/c1-17-9-12-22-26(2,14-13-23(30)27(22,3)16-29)20(17)11-10-19-21(15-33-24(19)31)34-25(32)28-18-7-5-4-6-8-18/h4-8,10,20-23,29-30H,1,9,11-16H2,2-3H3,(H,28,32)/b19-10-/t20-,21?,22?,23-,26+,27+/m1/s1. The van der Waals surface area contributed by atoms with E-state index < -0.39 is 29.7 Å². The highest BCUT2D eigenvalue weighted by Crippen LogP contribution is 2.61. The topological polar surface area (TPSA) is 105 Å². The van der Waals surface area contributed by atoms with Crippen molar-refractivity contribution in [3.8, 4) is 0 Å². The van der Waals surface area contributed by atoms with Gasteiger partial charge in [0.25, 0.3) is 0 Å². The van der Waals surface area contributed by atoms with Crippen LogP contribution in [0.15, 0.2) is 54.1 Å². The number of benzene rings is 1. The first-order chi connectivity index (χ1) is 16.2. The predicted octanol–water partition coefficient (Wildman–Crippen LogP) is 4.22. The zero-order valence-corrected chi connectivity index (χ0v) is 20.0. The second kappa shape index (κ2) is 9.55. The number of rotatable bonds is 5. The van der Waals surface area contributed by atoms with E-state index in [0.29, 0.717) is 24.1 Å². The van der Waals surface area contributed by atoms with Crippen molar-refractivity contribution in [3.05, 3.63) is 54.1 Å². The number of carbonyl (C=O) groups is 2. The Balaban J connectivity index is 1.50. The number of esters is 1. The molecule has 1 heterocycles. The van der Waals surface area contributed by atoms with Crippen molar-refractivity contribution in [1.82, 2.24) is 0 Å². The van der Waals surface area contributed by atoms with E-state index in [2.05, 4.69) is 18.8 Å². The molecular weight excluding hydrogens is 434 g/mol. The van der Waals surface area contributed by atoms with E-state index in [4.69, 9.17) is 9.47 Å². The van der Waals surface area contributed by atoms with Gasteiger partial charge in [0.15, 0.2) is 6.10 Å². The lowest BCUT2D eigenvalue weighted by molar-refractivity contribution is -0.151. The number of anilines is 1. The molecule has 1 aliphatic heterocycles. The molecule has 34 heavy (non-hydrogen) atoms. The lowest BCUT2D eigenvalue weighted by Crippen LogP contribution is -2.57. The predicted molar refractivity (Wildman–Crippen MR) is 128 cm³/mol. The van der Waals surface area contributed by atoms with Crippen LogP contribution >= 0.6 is 0 Å². The Kier molecular flexibility index (Phi) is 6.87. The van der Waals surface area contributed by atoms with E-state index in [0.717, 1.165) is 24.8 Å². The summed E-state index contributed by atoms with van der Waals surface area (Å²) in [5, 5.41) is 23.5. The Labute approximate surface area is 200 Å². The van der Waals surface area contributed by atoms with Gasteiger partial charge in [-0.05, 0) is 61.5 Å². The Morgan fingerprint density at radius 1 is 1.29 bits per heavy atom. The van der Waals surface area contributed by atoms with Gasteiger partial charge in [-0.1, -0.05) is 50.3 Å². The van der Waals surface area contributed by atoms with Crippen molar-refractivity contribution in [3.63, 3.8) is 0 Å². The van der Waals surface area contributed by atoms with Crippen LogP contribution in [0.4, 0.5) is 10.5 Å². The van der Waals surface area contributed by atoms with Gasteiger partial charge in [0.1, 0.15) is 6.61 Å². The summed E-state index contributed by atoms with van der Waals surface area (Å²) >= 11 is 0. The summed E-state index contributed by atoms with van der Waals surface area (Å²) < 4.78 is 10.7. The molecule has 6 atom stereocenters. The monoisotopic (exact) mass is 469 g/mol. The van der Waals surface area contributed by atoms with E-state index in [1.165, 1.54) is 0 Å². The number of cyclic esters (lactones) is 1. The van der Waals surface area contributed by atoms with Crippen molar-refractivity contribution in [2.24, 2.45) is 22.7 Å². The number of aliphatic hydroxyl groups excluding tert-OH is 2. The van der Waals surface area contributed by atoms with Crippen molar-refractivity contribution in [1.29, 1.82) is 0 Å². The van der Waals surface area contributed by atoms with Gasteiger partial charge in [0, 0.05) is 11.1 Å². The van der Waals surface area contributed by atoms with Crippen LogP contribution in [-0.4, -0.2) is 47.7 Å². The summed E-state index contributed by atoms with van der Waals surface area (Å²) in [7, 11) is 0. The van der Waals surface area contributed by atoms with Gasteiger partial charge >= 0.3 is 12.1 Å². The van der Waals surface area contributed by atoms with Crippen molar-refractivity contribution >= 4 is 17.7 Å². The van der Waals surface area contributed by atoms with Gasteiger partial charge < -0.3 is 19.7 Å². The van der Waals surface area contributed by atoms with Gasteiger partial charge in [-0.2, -0.15) is 0 Å². The van der Waals surface area contributed by atoms with E-state index in [-0.39, 0.29) is 30.5 Å². The van der Waals surface area contributed by atoms with Crippen LogP contribution in [0, 0.1) is 22.7 Å². The molecule has 0 bridgehead atoms. The van der Waals surface area contributed by atoms with Gasteiger partial charge in [-0.15, -0.1) is 0 Å². The molecule has 2 aliphatic carbocycles. The van der Waals surface area contributed by atoms with Gasteiger partial charge in [-0.3, -0.25) is 5.32 Å². The Morgan fingerprint density at radius 2 is 2.03 bits per heavy atom. The zero-order chi connectivity index (χ0) is 24.5. The number of nitrogens with one attached hydrogen (secondary N) is 1. The van der Waals surface area contributed by atoms with E-state index >= 15 is 0 Å². The normalized spacial score (nSPS) is 36.6. The summed E-state index contributed by atoms with van der Waals surface area (Å²) in [5.41, 5.74) is 1.35. The molecule has 1 aromatic rings. The van der Waals surface area contributed by atoms with Crippen LogP contribution < -0.4 is 5.32 Å². The minimum absolute atomic E-state index is 0.00679. The molecule has 3 fully saturated rings. The van der Waals surface area contributed by atoms with Crippen LogP contribution in [0.1, 0.15) is 46.0 Å². The Morgan fingerprint density at radius 3 is 2.74 bits per heavy atom. The molecule has 2 unspecified atom stereocenters. The fourth-order valence-electron chi connectivity index (χ4n) is 6.45. The third-order valence-electron chi connectivity index (χ3n) is 8.48. The highest BCUT2D eigenvalue weighted by molar-refractivity contribution is 5.93. The molecule has 0 aromatic heterocycles. The molecular formula is C27H35NO6. The molecule has 7 heteroatoms. The molecule has 3 N–H and O–H groups in total. The zero-order valence-electron chi connectivity index (χ0n) is 20.0. The van der Waals surface area contributed by atoms with Crippen LogP contribution in [0.2, 0.25) is 0 Å². The molecule has 7 nitrogen and oxygen atoms in total. The fourth-order valence-corrected chi connectivity index (χ4v) is 6.45. The number of aliphatic hydroxyl groups is 2. The number of ether oxygens (including phenoxy) is 2. The van der Waals surface area contributed by atoms with Crippen molar-refractivity contribution < 1.29 is 29.3 Å². The molecule has 0 radical (unpaired) electrons. The number of amides is 1. The fraction of sp³-hybridized carbons (Fsp3) is 0.556. The van der Waals surface area contributed by atoms with E-state index in [9.17, 15) is 19.8 Å². The number of hydrogen-bond acceptors (Lipinski definition) is 6. The third kappa shape index (κ3) is 4.39. The molecule has 1 aromatic carbocycles. The molecule has 2 saturated carbocycles. The quantitative estimate of drug-likeness (QED) is 0.339. The minimum atomic E-state index is -0.771. The largest absolute Gasteiger partial charge is 0.458 e. The molecule has 3 aliphatic rings. The Hall–Kier alpha value is -2.64. The summed E-state index contributed by atoms with van der Waals surface area (Å²) in [6.07, 6.45) is 3.59. The summed E-state index contributed by atoms with van der Waals surface area (Å²) in [4.78, 5) is 24.8. The highest BCUT2D eigenvalue weighted by atomic mass is 16.6. The first kappa shape index (κ1) is 24.5. The minimum Gasteiger partial charge on any atom is -0.458 e. The number of allylic oxidation sites excluding steroid dienone is 2. The number of fused-ring (bicyclic) bond motifs is 1. The van der Waals surface area contributed by atoms with Gasteiger partial charge in [0.05, 0.1) is 18.3 Å². The average Bonchev–Trinajstić information content (AvgIpc) is 3.15. The van der Waals surface area contributed by atoms with E-state index in [1.54, 1.807) is 24.3 Å². The summed E-state index contributed by atoms with van der Waals surface area (Å²) in [6.45, 7) is 8.47. The molecule has 0 spiro atoms. The third-order valence-corrected chi connectivity index (χ3v) is 8.48. The summed E-state index contributed by atoms with van der Waals surface area (Å²) in [6, 6.07) is 8.96. The molecule has 4 rings (SSSR count). The maximum atomic E-state index is 12.4.